The molecule has 0 saturated carbocycles. The number of nitrogens with zero attached hydrogens (tertiary/aromatic N) is 1. The summed E-state index contributed by atoms with van der Waals surface area (Å²) in [4.78, 5) is 3.41. The fourth-order valence-electron chi connectivity index (χ4n) is 1.06. The first-order valence-electron chi connectivity index (χ1n) is 4.28. The first kappa shape index (κ1) is 9.60. The maximum absolute atomic E-state index is 6.93. The lowest BCUT2D eigenvalue weighted by atomic mass is 10.2. The maximum Gasteiger partial charge on any atom is 0.193 e. The van der Waals surface area contributed by atoms with E-state index >= 15 is 0 Å². The van der Waals surface area contributed by atoms with Crippen LogP contribution >= 0.6 is 0 Å². The number of rotatable bonds is 2. The molecule has 0 unspecified atom stereocenters. The number of hydrogen-bond donors (Lipinski definition) is 0. The minimum absolute atomic E-state index is 0.154. The molecule has 0 aliphatic carbocycles. The molecule has 13 heavy (non-hydrogen) atoms. The van der Waals surface area contributed by atoms with Crippen molar-refractivity contribution in [3.05, 3.63) is 35.2 Å². The highest BCUT2D eigenvalue weighted by molar-refractivity contribution is 5.55. The van der Waals surface area contributed by atoms with Crippen LogP contribution < -0.4 is 4.74 Å². The maximum atomic E-state index is 6.93. The van der Waals surface area contributed by atoms with Crippen LogP contribution in [0.3, 0.4) is 0 Å². The Labute approximate surface area is 79.0 Å². The first-order chi connectivity index (χ1) is 6.13. The van der Waals surface area contributed by atoms with Crippen molar-refractivity contribution in [2.24, 2.45) is 0 Å². The molecule has 0 N–H and O–H groups in total. The Morgan fingerprint density at radius 2 is 2.08 bits per heavy atom. The summed E-state index contributed by atoms with van der Waals surface area (Å²) < 4.78 is 5.47. The second kappa shape index (κ2) is 3.95. The van der Waals surface area contributed by atoms with Crippen molar-refractivity contribution in [2.45, 2.75) is 26.9 Å². The van der Waals surface area contributed by atoms with E-state index in [9.17, 15) is 0 Å². The number of hydrogen-bond acceptors (Lipinski definition) is 1. The molecule has 0 spiro atoms. The second-order valence-electron chi connectivity index (χ2n) is 3.23. The van der Waals surface area contributed by atoms with Gasteiger partial charge in [-0.05, 0) is 38.5 Å². The van der Waals surface area contributed by atoms with E-state index in [0.717, 1.165) is 11.3 Å². The lowest BCUT2D eigenvalue weighted by Gasteiger charge is -2.10. The lowest BCUT2D eigenvalue weighted by Crippen LogP contribution is -2.05. The van der Waals surface area contributed by atoms with Gasteiger partial charge in [0.15, 0.2) is 5.69 Å². The Morgan fingerprint density at radius 3 is 2.62 bits per heavy atom. The van der Waals surface area contributed by atoms with Gasteiger partial charge in [0.25, 0.3) is 0 Å². The summed E-state index contributed by atoms with van der Waals surface area (Å²) in [5, 5.41) is 0. The average Bonchev–Trinajstić information content (AvgIpc) is 2.07. The molecule has 1 aromatic carbocycles. The zero-order valence-corrected chi connectivity index (χ0v) is 8.16. The van der Waals surface area contributed by atoms with Crippen LogP contribution in [0.1, 0.15) is 19.4 Å². The van der Waals surface area contributed by atoms with Crippen LogP contribution in [-0.4, -0.2) is 6.10 Å². The summed E-state index contributed by atoms with van der Waals surface area (Å²) in [5.74, 6) is 0.770. The number of benzene rings is 1. The van der Waals surface area contributed by atoms with Crippen LogP contribution in [-0.2, 0) is 0 Å². The van der Waals surface area contributed by atoms with Gasteiger partial charge in [-0.15, -0.1) is 0 Å². The van der Waals surface area contributed by atoms with Crippen molar-refractivity contribution in [2.75, 3.05) is 0 Å². The molecule has 1 aromatic rings. The lowest BCUT2D eigenvalue weighted by molar-refractivity contribution is 0.242. The van der Waals surface area contributed by atoms with Crippen LogP contribution in [0.4, 0.5) is 5.69 Å². The Kier molecular flexibility index (Phi) is 2.92. The molecule has 0 aliphatic heterocycles. The molecule has 2 heteroatoms. The molecule has 0 saturated heterocycles. The van der Waals surface area contributed by atoms with Crippen molar-refractivity contribution < 1.29 is 4.74 Å². The van der Waals surface area contributed by atoms with Crippen molar-refractivity contribution in [1.82, 2.24) is 0 Å². The molecule has 0 aromatic heterocycles. The van der Waals surface area contributed by atoms with Gasteiger partial charge in [0.2, 0.25) is 0 Å². The largest absolute Gasteiger partial charge is 0.492 e. The van der Waals surface area contributed by atoms with E-state index in [4.69, 9.17) is 11.3 Å². The van der Waals surface area contributed by atoms with Crippen LogP contribution in [0.15, 0.2) is 18.2 Å². The smallest absolute Gasteiger partial charge is 0.193 e. The Morgan fingerprint density at radius 1 is 1.38 bits per heavy atom. The zero-order chi connectivity index (χ0) is 9.84. The molecule has 68 valence electrons. The summed E-state index contributed by atoms with van der Waals surface area (Å²) in [7, 11) is 0. The average molecular weight is 175 g/mol. The summed E-state index contributed by atoms with van der Waals surface area (Å²) >= 11 is 0. The second-order valence-corrected chi connectivity index (χ2v) is 3.23. The van der Waals surface area contributed by atoms with Crippen molar-refractivity contribution in [3.63, 3.8) is 0 Å². The van der Waals surface area contributed by atoms with Gasteiger partial charge >= 0.3 is 0 Å². The molecule has 2 nitrogen and oxygen atoms in total. The molecule has 0 bridgehead atoms. The molecule has 0 heterocycles. The van der Waals surface area contributed by atoms with E-state index in [1.165, 1.54) is 0 Å². The Hall–Kier alpha value is -1.49. The van der Waals surface area contributed by atoms with Crippen LogP contribution in [0.2, 0.25) is 0 Å². The van der Waals surface area contributed by atoms with Crippen molar-refractivity contribution in [1.29, 1.82) is 0 Å². The van der Waals surface area contributed by atoms with Crippen molar-refractivity contribution in [3.8, 4) is 5.75 Å². The van der Waals surface area contributed by atoms with Gasteiger partial charge in [0.1, 0.15) is 5.75 Å². The van der Waals surface area contributed by atoms with E-state index in [-0.39, 0.29) is 6.10 Å². The standard InChI is InChI=1S/C11H13NO/c1-8(2)13-10-6-5-9(3)11(7-10)12-4/h5-8H,1-3H3. The van der Waals surface area contributed by atoms with Crippen LogP contribution in [0.5, 0.6) is 5.75 Å². The fourth-order valence-corrected chi connectivity index (χ4v) is 1.06. The van der Waals surface area contributed by atoms with Crippen LogP contribution in [0, 0.1) is 13.5 Å². The highest BCUT2D eigenvalue weighted by Gasteiger charge is 2.01. The fraction of sp³-hybridized carbons (Fsp3) is 0.364. The van der Waals surface area contributed by atoms with E-state index in [1.54, 1.807) is 6.07 Å². The Bertz CT molecular complexity index is 336. The summed E-state index contributed by atoms with van der Waals surface area (Å²) in [6.45, 7) is 12.8. The van der Waals surface area contributed by atoms with Gasteiger partial charge in [-0.1, -0.05) is 6.07 Å². The predicted molar refractivity (Wildman–Crippen MR) is 53.2 cm³/mol. The van der Waals surface area contributed by atoms with Crippen molar-refractivity contribution >= 4 is 5.69 Å². The highest BCUT2D eigenvalue weighted by Crippen LogP contribution is 2.24. The molecular weight excluding hydrogens is 162 g/mol. The molecule has 0 fully saturated rings. The van der Waals surface area contributed by atoms with Gasteiger partial charge in [-0.3, -0.25) is 0 Å². The van der Waals surface area contributed by atoms with E-state index in [1.807, 2.05) is 32.9 Å². The van der Waals surface area contributed by atoms with Gasteiger partial charge in [0, 0.05) is 0 Å². The minimum atomic E-state index is 0.154. The Balaban J connectivity index is 2.95. The van der Waals surface area contributed by atoms with Gasteiger partial charge in [-0.2, -0.15) is 0 Å². The minimum Gasteiger partial charge on any atom is -0.492 e. The molecular formula is C11H13NO. The summed E-state index contributed by atoms with van der Waals surface area (Å²) in [6.07, 6.45) is 0.154. The molecule has 0 radical (unpaired) electrons. The first-order valence-corrected chi connectivity index (χ1v) is 4.28. The van der Waals surface area contributed by atoms with E-state index < -0.39 is 0 Å². The van der Waals surface area contributed by atoms with E-state index in [2.05, 4.69) is 4.85 Å². The SMILES string of the molecule is [C-]#[N+]c1cc(OC(C)C)ccc1C. The monoisotopic (exact) mass is 175 g/mol. The summed E-state index contributed by atoms with van der Waals surface area (Å²) in [5.41, 5.74) is 1.66. The molecule has 0 atom stereocenters. The van der Waals surface area contributed by atoms with E-state index in [0.29, 0.717) is 5.69 Å². The topological polar surface area (TPSA) is 13.6 Å². The summed E-state index contributed by atoms with van der Waals surface area (Å²) in [6, 6.07) is 5.58. The van der Waals surface area contributed by atoms with Gasteiger partial charge in [0.05, 0.1) is 12.7 Å². The number of ether oxygens (including phenoxy) is 1. The zero-order valence-electron chi connectivity index (χ0n) is 8.16. The molecule has 0 aliphatic rings. The van der Waals surface area contributed by atoms with Gasteiger partial charge in [-0.25, -0.2) is 4.85 Å². The third-order valence-corrected chi connectivity index (χ3v) is 1.67. The molecule has 1 rings (SSSR count). The predicted octanol–water partition coefficient (Wildman–Crippen LogP) is 3.33. The highest BCUT2D eigenvalue weighted by atomic mass is 16.5. The van der Waals surface area contributed by atoms with Crippen LogP contribution in [0.25, 0.3) is 4.85 Å². The third kappa shape index (κ3) is 2.48. The third-order valence-electron chi connectivity index (χ3n) is 1.67. The van der Waals surface area contributed by atoms with Gasteiger partial charge < -0.3 is 4.74 Å². The molecule has 0 amide bonds. The normalized spacial score (nSPS) is 9.77. The number of aryl methyl sites for hydroxylation is 1. The quantitative estimate of drug-likeness (QED) is 0.628.